The van der Waals surface area contributed by atoms with E-state index in [2.05, 4.69) is 5.32 Å². The molecular formula is C18H17FN2O2. The van der Waals surface area contributed by atoms with Crippen LogP contribution in [-0.2, 0) is 0 Å². The summed E-state index contributed by atoms with van der Waals surface area (Å²) in [6.45, 7) is 1.04. The largest absolute Gasteiger partial charge is 0.494 e. The molecule has 4 nitrogen and oxygen atoms in total. The first-order chi connectivity index (χ1) is 11.2. The van der Waals surface area contributed by atoms with Gasteiger partial charge in [0.15, 0.2) is 0 Å². The molecule has 0 saturated heterocycles. The van der Waals surface area contributed by atoms with Crippen LogP contribution in [0.15, 0.2) is 48.5 Å². The normalized spacial score (nSPS) is 9.91. The summed E-state index contributed by atoms with van der Waals surface area (Å²) in [5.41, 5.74) is 0.942. The molecule has 23 heavy (non-hydrogen) atoms. The summed E-state index contributed by atoms with van der Waals surface area (Å²) in [6, 6.07) is 14.5. The van der Waals surface area contributed by atoms with Gasteiger partial charge in [-0.15, -0.1) is 0 Å². The maximum absolute atomic E-state index is 12.7. The maximum atomic E-state index is 12.7. The summed E-state index contributed by atoms with van der Waals surface area (Å²) < 4.78 is 18.2. The van der Waals surface area contributed by atoms with E-state index in [0.717, 1.165) is 12.8 Å². The van der Waals surface area contributed by atoms with Crippen LogP contribution in [0.4, 0.5) is 4.39 Å². The maximum Gasteiger partial charge on any atom is 0.251 e. The molecule has 0 saturated carbocycles. The molecule has 0 aromatic heterocycles. The molecule has 2 rings (SSSR count). The molecule has 5 heteroatoms. The van der Waals surface area contributed by atoms with Crippen LogP contribution in [0.25, 0.3) is 0 Å². The Morgan fingerprint density at radius 3 is 2.70 bits per heavy atom. The van der Waals surface area contributed by atoms with Gasteiger partial charge in [-0.2, -0.15) is 5.26 Å². The minimum atomic E-state index is -0.291. The predicted octanol–water partition coefficient (Wildman–Crippen LogP) is 3.29. The van der Waals surface area contributed by atoms with Crippen molar-refractivity contribution in [2.75, 3.05) is 13.2 Å². The minimum Gasteiger partial charge on any atom is -0.494 e. The van der Waals surface area contributed by atoms with Gasteiger partial charge in [-0.05, 0) is 55.3 Å². The first-order valence-corrected chi connectivity index (χ1v) is 7.36. The standard InChI is InChI=1S/C18H17FN2O2/c19-16-6-8-17(9-7-16)23-11-2-1-10-21-18(22)15-5-3-4-14(12-15)13-20/h3-9,12H,1-2,10-11H2,(H,21,22). The van der Waals surface area contributed by atoms with E-state index in [9.17, 15) is 9.18 Å². The van der Waals surface area contributed by atoms with E-state index in [4.69, 9.17) is 10.00 Å². The van der Waals surface area contributed by atoms with E-state index in [0.29, 0.717) is 30.0 Å². The molecule has 2 aromatic carbocycles. The van der Waals surface area contributed by atoms with E-state index in [1.165, 1.54) is 12.1 Å². The highest BCUT2D eigenvalue weighted by Gasteiger charge is 2.05. The number of benzene rings is 2. The van der Waals surface area contributed by atoms with Gasteiger partial charge < -0.3 is 10.1 Å². The highest BCUT2D eigenvalue weighted by atomic mass is 19.1. The number of hydrogen-bond acceptors (Lipinski definition) is 3. The molecule has 118 valence electrons. The molecule has 0 spiro atoms. The number of amides is 1. The number of hydrogen-bond donors (Lipinski definition) is 1. The van der Waals surface area contributed by atoms with Crippen LogP contribution in [0.5, 0.6) is 5.75 Å². The van der Waals surface area contributed by atoms with Gasteiger partial charge in [0.25, 0.3) is 5.91 Å². The third-order valence-corrected chi connectivity index (χ3v) is 3.19. The SMILES string of the molecule is N#Cc1cccc(C(=O)NCCCCOc2ccc(F)cc2)c1. The van der Waals surface area contributed by atoms with Gasteiger partial charge in [0, 0.05) is 12.1 Å². The second kappa shape index (κ2) is 8.54. The number of nitriles is 1. The van der Waals surface area contributed by atoms with Crippen molar-refractivity contribution < 1.29 is 13.9 Å². The lowest BCUT2D eigenvalue weighted by Gasteiger charge is -2.07. The molecule has 0 aliphatic rings. The average molecular weight is 312 g/mol. The number of rotatable bonds is 7. The van der Waals surface area contributed by atoms with Crippen molar-refractivity contribution in [3.8, 4) is 11.8 Å². The van der Waals surface area contributed by atoms with E-state index in [1.807, 2.05) is 6.07 Å². The number of unbranched alkanes of at least 4 members (excludes halogenated alkanes) is 1. The van der Waals surface area contributed by atoms with Crippen molar-refractivity contribution in [2.24, 2.45) is 0 Å². The molecular weight excluding hydrogens is 295 g/mol. The average Bonchev–Trinajstić information content (AvgIpc) is 2.59. The van der Waals surface area contributed by atoms with Gasteiger partial charge in [0.05, 0.1) is 18.2 Å². The number of carbonyl (C=O) groups excluding carboxylic acids is 1. The molecule has 0 bridgehead atoms. The number of nitrogens with zero attached hydrogens (tertiary/aromatic N) is 1. The zero-order valence-corrected chi connectivity index (χ0v) is 12.6. The lowest BCUT2D eigenvalue weighted by atomic mass is 10.1. The molecule has 0 atom stereocenters. The number of nitrogens with one attached hydrogen (secondary N) is 1. The van der Waals surface area contributed by atoms with Crippen LogP contribution in [-0.4, -0.2) is 19.1 Å². The quantitative estimate of drug-likeness (QED) is 0.798. The lowest BCUT2D eigenvalue weighted by Crippen LogP contribution is -2.24. The molecule has 0 aliphatic heterocycles. The Bertz CT molecular complexity index is 693. The van der Waals surface area contributed by atoms with Gasteiger partial charge in [0.2, 0.25) is 0 Å². The van der Waals surface area contributed by atoms with Crippen LogP contribution in [0.3, 0.4) is 0 Å². The van der Waals surface area contributed by atoms with Crippen LogP contribution >= 0.6 is 0 Å². The van der Waals surface area contributed by atoms with Crippen molar-refractivity contribution in [3.63, 3.8) is 0 Å². The van der Waals surface area contributed by atoms with E-state index in [-0.39, 0.29) is 11.7 Å². The molecule has 0 fully saturated rings. The third kappa shape index (κ3) is 5.44. The van der Waals surface area contributed by atoms with Crippen molar-refractivity contribution >= 4 is 5.91 Å². The van der Waals surface area contributed by atoms with Crippen LogP contribution in [0.2, 0.25) is 0 Å². The fourth-order valence-corrected chi connectivity index (χ4v) is 1.98. The summed E-state index contributed by atoms with van der Waals surface area (Å²) in [5.74, 6) is 0.144. The van der Waals surface area contributed by atoms with Crippen molar-refractivity contribution in [3.05, 3.63) is 65.5 Å². The van der Waals surface area contributed by atoms with Crippen molar-refractivity contribution in [1.82, 2.24) is 5.32 Å². The van der Waals surface area contributed by atoms with E-state index >= 15 is 0 Å². The third-order valence-electron chi connectivity index (χ3n) is 3.19. The highest BCUT2D eigenvalue weighted by molar-refractivity contribution is 5.94. The Morgan fingerprint density at radius 1 is 1.17 bits per heavy atom. The smallest absolute Gasteiger partial charge is 0.251 e. The Labute approximate surface area is 134 Å². The van der Waals surface area contributed by atoms with Crippen molar-refractivity contribution in [2.45, 2.75) is 12.8 Å². The first-order valence-electron chi connectivity index (χ1n) is 7.36. The zero-order chi connectivity index (χ0) is 16.5. The van der Waals surface area contributed by atoms with Crippen LogP contribution in [0.1, 0.15) is 28.8 Å². The van der Waals surface area contributed by atoms with Crippen LogP contribution < -0.4 is 10.1 Å². The molecule has 1 amide bonds. The molecule has 0 aliphatic carbocycles. The summed E-state index contributed by atoms with van der Waals surface area (Å²) in [5, 5.41) is 11.6. The molecule has 0 unspecified atom stereocenters. The predicted molar refractivity (Wildman–Crippen MR) is 84.6 cm³/mol. The Morgan fingerprint density at radius 2 is 1.96 bits per heavy atom. The second-order valence-corrected chi connectivity index (χ2v) is 4.96. The zero-order valence-electron chi connectivity index (χ0n) is 12.6. The number of ether oxygens (including phenoxy) is 1. The topological polar surface area (TPSA) is 62.1 Å². The summed E-state index contributed by atoms with van der Waals surface area (Å²) in [7, 11) is 0. The van der Waals surface area contributed by atoms with Gasteiger partial charge in [-0.3, -0.25) is 4.79 Å². The summed E-state index contributed by atoms with van der Waals surface area (Å²) >= 11 is 0. The molecule has 0 radical (unpaired) electrons. The highest BCUT2D eigenvalue weighted by Crippen LogP contribution is 2.11. The lowest BCUT2D eigenvalue weighted by molar-refractivity contribution is 0.0952. The first kappa shape index (κ1) is 16.5. The Balaban J connectivity index is 1.64. The number of halogens is 1. The number of carbonyl (C=O) groups is 1. The van der Waals surface area contributed by atoms with Gasteiger partial charge in [-0.25, -0.2) is 4.39 Å². The van der Waals surface area contributed by atoms with Crippen LogP contribution in [0, 0.1) is 17.1 Å². The fraction of sp³-hybridized carbons (Fsp3) is 0.222. The summed E-state index contributed by atoms with van der Waals surface area (Å²) in [4.78, 5) is 11.9. The summed E-state index contributed by atoms with van der Waals surface area (Å²) in [6.07, 6.45) is 1.54. The van der Waals surface area contributed by atoms with Gasteiger partial charge in [0.1, 0.15) is 11.6 Å². The second-order valence-electron chi connectivity index (χ2n) is 4.96. The van der Waals surface area contributed by atoms with E-state index in [1.54, 1.807) is 36.4 Å². The van der Waals surface area contributed by atoms with Gasteiger partial charge >= 0.3 is 0 Å². The molecule has 0 heterocycles. The van der Waals surface area contributed by atoms with E-state index < -0.39 is 0 Å². The Kier molecular flexibility index (Phi) is 6.13. The monoisotopic (exact) mass is 312 g/mol. The Hall–Kier alpha value is -2.87. The molecule has 1 N–H and O–H groups in total. The fourth-order valence-electron chi connectivity index (χ4n) is 1.98. The molecule has 2 aromatic rings. The van der Waals surface area contributed by atoms with Crippen molar-refractivity contribution in [1.29, 1.82) is 5.26 Å². The van der Waals surface area contributed by atoms with Gasteiger partial charge in [-0.1, -0.05) is 6.07 Å². The minimum absolute atomic E-state index is 0.193.